The quantitative estimate of drug-likeness (QED) is 0.786. The smallest absolute Gasteiger partial charge is 0.255 e. The fourth-order valence-corrected chi connectivity index (χ4v) is 2.49. The highest BCUT2D eigenvalue weighted by atomic mass is 79.9. The van der Waals surface area contributed by atoms with Gasteiger partial charge in [-0.25, -0.2) is 4.39 Å². The molecule has 0 fully saturated rings. The predicted octanol–water partition coefficient (Wildman–Crippen LogP) is 5.15. The number of rotatable bonds is 2. The van der Waals surface area contributed by atoms with E-state index in [0.717, 1.165) is 6.07 Å². The zero-order chi connectivity index (χ0) is 14.0. The number of halogens is 4. The van der Waals surface area contributed by atoms with Gasteiger partial charge in [-0.05, 0) is 36.4 Å². The van der Waals surface area contributed by atoms with Crippen LogP contribution >= 0.6 is 39.1 Å². The minimum atomic E-state index is -0.595. The minimum absolute atomic E-state index is 0.0606. The van der Waals surface area contributed by atoms with Crippen LogP contribution in [0.25, 0.3) is 0 Å². The van der Waals surface area contributed by atoms with Gasteiger partial charge in [0.15, 0.2) is 0 Å². The van der Waals surface area contributed by atoms with Crippen molar-refractivity contribution in [2.75, 3.05) is 5.32 Å². The van der Waals surface area contributed by atoms with E-state index in [1.54, 1.807) is 12.1 Å². The van der Waals surface area contributed by atoms with Crippen molar-refractivity contribution in [2.24, 2.45) is 0 Å². The molecule has 2 rings (SSSR count). The van der Waals surface area contributed by atoms with E-state index < -0.39 is 11.7 Å². The van der Waals surface area contributed by atoms with Gasteiger partial charge < -0.3 is 5.32 Å². The van der Waals surface area contributed by atoms with Gasteiger partial charge in [0.1, 0.15) is 5.82 Å². The molecule has 2 aromatic carbocycles. The van der Waals surface area contributed by atoms with Gasteiger partial charge in [0, 0.05) is 20.1 Å². The van der Waals surface area contributed by atoms with Crippen LogP contribution in [-0.2, 0) is 0 Å². The molecule has 1 amide bonds. The number of hydrogen-bond donors (Lipinski definition) is 1. The number of amides is 1. The standard InChI is InChI=1S/C13H7BrCl2FNO/c14-8-3-7(4-10(16)5-8)13(19)18-12-2-1-9(15)6-11(12)17/h1-6H,(H,18,19). The summed E-state index contributed by atoms with van der Waals surface area (Å²) in [5.41, 5.74) is 0.388. The Labute approximate surface area is 127 Å². The van der Waals surface area contributed by atoms with Crippen LogP contribution in [-0.4, -0.2) is 5.91 Å². The highest BCUT2D eigenvalue weighted by molar-refractivity contribution is 9.10. The van der Waals surface area contributed by atoms with E-state index in [1.165, 1.54) is 18.2 Å². The van der Waals surface area contributed by atoms with Crippen molar-refractivity contribution in [3.63, 3.8) is 0 Å². The van der Waals surface area contributed by atoms with Gasteiger partial charge in [0.2, 0.25) is 0 Å². The van der Waals surface area contributed by atoms with Crippen LogP contribution in [0.5, 0.6) is 0 Å². The molecule has 0 heterocycles. The first-order valence-electron chi connectivity index (χ1n) is 5.18. The lowest BCUT2D eigenvalue weighted by molar-refractivity contribution is 0.102. The maximum Gasteiger partial charge on any atom is 0.255 e. The van der Waals surface area contributed by atoms with Gasteiger partial charge in [-0.1, -0.05) is 39.1 Å². The van der Waals surface area contributed by atoms with Crippen LogP contribution in [0.4, 0.5) is 10.1 Å². The maximum absolute atomic E-state index is 13.6. The summed E-state index contributed by atoms with van der Waals surface area (Å²) >= 11 is 14.7. The molecule has 0 saturated carbocycles. The van der Waals surface area contributed by atoms with Crippen LogP contribution in [0, 0.1) is 5.82 Å². The summed E-state index contributed by atoms with van der Waals surface area (Å²) in [7, 11) is 0. The molecule has 0 atom stereocenters. The third kappa shape index (κ3) is 3.69. The summed E-state index contributed by atoms with van der Waals surface area (Å²) in [6.07, 6.45) is 0. The van der Waals surface area contributed by atoms with E-state index in [9.17, 15) is 9.18 Å². The van der Waals surface area contributed by atoms with E-state index in [1.807, 2.05) is 0 Å². The average Bonchev–Trinajstić information content (AvgIpc) is 2.31. The first kappa shape index (κ1) is 14.3. The molecule has 6 heteroatoms. The summed E-state index contributed by atoms with van der Waals surface area (Å²) in [6, 6.07) is 8.76. The fourth-order valence-electron chi connectivity index (χ4n) is 1.47. The lowest BCUT2D eigenvalue weighted by Crippen LogP contribution is -2.13. The normalized spacial score (nSPS) is 10.3. The highest BCUT2D eigenvalue weighted by Crippen LogP contribution is 2.22. The van der Waals surface area contributed by atoms with Crippen LogP contribution in [0.15, 0.2) is 40.9 Å². The molecule has 2 aromatic rings. The van der Waals surface area contributed by atoms with Crippen LogP contribution in [0.3, 0.4) is 0 Å². The van der Waals surface area contributed by atoms with E-state index in [0.29, 0.717) is 15.1 Å². The second kappa shape index (κ2) is 5.90. The molecule has 0 unspecified atom stereocenters. The third-order valence-electron chi connectivity index (χ3n) is 2.30. The van der Waals surface area contributed by atoms with Crippen molar-refractivity contribution in [1.29, 1.82) is 0 Å². The molecule has 1 N–H and O–H groups in total. The third-order valence-corrected chi connectivity index (χ3v) is 3.22. The minimum Gasteiger partial charge on any atom is -0.319 e. The first-order chi connectivity index (χ1) is 8.95. The Morgan fingerprint density at radius 3 is 2.47 bits per heavy atom. The van der Waals surface area contributed by atoms with Gasteiger partial charge in [-0.15, -0.1) is 0 Å². The van der Waals surface area contributed by atoms with Gasteiger partial charge in [0.25, 0.3) is 5.91 Å². The summed E-state index contributed by atoms with van der Waals surface area (Å²) < 4.78 is 14.2. The summed E-state index contributed by atoms with van der Waals surface area (Å²) in [4.78, 5) is 12.0. The number of carbonyl (C=O) groups is 1. The van der Waals surface area contributed by atoms with Crippen LogP contribution in [0.2, 0.25) is 10.0 Å². The molecule has 0 aliphatic carbocycles. The van der Waals surface area contributed by atoms with Crippen molar-refractivity contribution < 1.29 is 9.18 Å². The van der Waals surface area contributed by atoms with Crippen LogP contribution in [0.1, 0.15) is 10.4 Å². The molecular weight excluding hydrogens is 356 g/mol. The first-order valence-corrected chi connectivity index (χ1v) is 6.73. The predicted molar refractivity (Wildman–Crippen MR) is 78.5 cm³/mol. The molecule has 98 valence electrons. The lowest BCUT2D eigenvalue weighted by atomic mass is 10.2. The number of nitrogens with one attached hydrogen (secondary N) is 1. The number of hydrogen-bond acceptors (Lipinski definition) is 1. The van der Waals surface area contributed by atoms with Gasteiger partial charge in [-0.3, -0.25) is 4.79 Å². The van der Waals surface area contributed by atoms with Crippen molar-refractivity contribution in [3.8, 4) is 0 Å². The Bertz CT molecular complexity index is 628. The lowest BCUT2D eigenvalue weighted by Gasteiger charge is -2.07. The number of carbonyl (C=O) groups excluding carboxylic acids is 1. The maximum atomic E-state index is 13.6. The Morgan fingerprint density at radius 2 is 1.84 bits per heavy atom. The molecule has 0 saturated heterocycles. The van der Waals surface area contributed by atoms with Crippen molar-refractivity contribution in [2.45, 2.75) is 0 Å². The number of benzene rings is 2. The molecule has 0 aliphatic heterocycles. The van der Waals surface area contributed by atoms with Crippen LogP contribution < -0.4 is 5.32 Å². The van der Waals surface area contributed by atoms with Crippen molar-refractivity contribution in [3.05, 3.63) is 62.3 Å². The molecule has 0 bridgehead atoms. The zero-order valence-electron chi connectivity index (χ0n) is 9.38. The van der Waals surface area contributed by atoms with E-state index >= 15 is 0 Å². The second-order valence-electron chi connectivity index (χ2n) is 3.74. The Morgan fingerprint density at radius 1 is 1.11 bits per heavy atom. The molecule has 0 aliphatic rings. The summed E-state index contributed by atoms with van der Waals surface area (Å²) in [6.45, 7) is 0. The Balaban J connectivity index is 2.25. The van der Waals surface area contributed by atoms with E-state index in [4.69, 9.17) is 23.2 Å². The molecule has 0 radical (unpaired) electrons. The summed E-state index contributed by atoms with van der Waals surface area (Å²) in [5, 5.41) is 3.13. The monoisotopic (exact) mass is 361 g/mol. The Kier molecular flexibility index (Phi) is 4.45. The molecule has 0 spiro atoms. The molecular formula is C13H7BrCl2FNO. The highest BCUT2D eigenvalue weighted by Gasteiger charge is 2.11. The van der Waals surface area contributed by atoms with Crippen molar-refractivity contribution in [1.82, 2.24) is 0 Å². The van der Waals surface area contributed by atoms with Gasteiger partial charge in [-0.2, -0.15) is 0 Å². The van der Waals surface area contributed by atoms with E-state index in [2.05, 4.69) is 21.2 Å². The molecule has 0 aromatic heterocycles. The van der Waals surface area contributed by atoms with Gasteiger partial charge >= 0.3 is 0 Å². The fraction of sp³-hybridized carbons (Fsp3) is 0. The largest absolute Gasteiger partial charge is 0.319 e. The van der Waals surface area contributed by atoms with E-state index in [-0.39, 0.29) is 10.7 Å². The summed E-state index contributed by atoms with van der Waals surface area (Å²) in [5.74, 6) is -1.05. The van der Waals surface area contributed by atoms with Gasteiger partial charge in [0.05, 0.1) is 5.69 Å². The molecule has 19 heavy (non-hydrogen) atoms. The zero-order valence-corrected chi connectivity index (χ0v) is 12.5. The van der Waals surface area contributed by atoms with Crippen molar-refractivity contribution >= 4 is 50.7 Å². The SMILES string of the molecule is O=C(Nc1ccc(Cl)cc1F)c1cc(Cl)cc(Br)c1. The average molecular weight is 363 g/mol. The topological polar surface area (TPSA) is 29.1 Å². The second-order valence-corrected chi connectivity index (χ2v) is 5.52. The number of anilines is 1. The molecule has 2 nitrogen and oxygen atoms in total. The Hall–Kier alpha value is -1.10.